The predicted octanol–water partition coefficient (Wildman–Crippen LogP) is 1.26. The fraction of sp³-hybridized carbons (Fsp3) is 0.500. The highest BCUT2D eigenvalue weighted by Crippen LogP contribution is 2.12. The second-order valence-corrected chi connectivity index (χ2v) is 4.51. The molecule has 1 fully saturated rings. The van der Waals surface area contributed by atoms with Gasteiger partial charge >= 0.3 is 5.97 Å². The standard InChI is InChI=1S/C14H20N2O3/c1-18-14(17)11-3-2-4-12(9-11)15-6-5-13-10-19-8-7-16-13/h2-4,9,13,15-16H,5-8,10H2,1H3. The lowest BCUT2D eigenvalue weighted by molar-refractivity contribution is 0.0601. The van der Waals surface area contributed by atoms with E-state index < -0.39 is 0 Å². The summed E-state index contributed by atoms with van der Waals surface area (Å²) in [5.41, 5.74) is 1.49. The van der Waals surface area contributed by atoms with Crippen LogP contribution in [0.25, 0.3) is 0 Å². The van der Waals surface area contributed by atoms with Gasteiger partial charge in [-0.1, -0.05) is 6.07 Å². The molecule has 0 aromatic heterocycles. The first-order valence-corrected chi connectivity index (χ1v) is 6.53. The van der Waals surface area contributed by atoms with Crippen molar-refractivity contribution in [2.75, 3.05) is 38.7 Å². The van der Waals surface area contributed by atoms with E-state index in [0.29, 0.717) is 11.6 Å². The Morgan fingerprint density at radius 1 is 1.58 bits per heavy atom. The highest BCUT2D eigenvalue weighted by molar-refractivity contribution is 5.90. The van der Waals surface area contributed by atoms with E-state index in [1.54, 1.807) is 12.1 Å². The van der Waals surface area contributed by atoms with Gasteiger partial charge in [0.1, 0.15) is 0 Å². The smallest absolute Gasteiger partial charge is 0.337 e. The van der Waals surface area contributed by atoms with Crippen LogP contribution < -0.4 is 10.6 Å². The summed E-state index contributed by atoms with van der Waals surface area (Å²) in [6.45, 7) is 3.32. The number of morpholine rings is 1. The van der Waals surface area contributed by atoms with Crippen molar-refractivity contribution >= 4 is 11.7 Å². The van der Waals surface area contributed by atoms with Gasteiger partial charge in [-0.25, -0.2) is 4.79 Å². The van der Waals surface area contributed by atoms with Crippen LogP contribution in [0, 0.1) is 0 Å². The molecule has 1 aromatic carbocycles. The maximum atomic E-state index is 11.4. The first-order chi connectivity index (χ1) is 9.29. The van der Waals surface area contributed by atoms with Crippen LogP contribution in [0.2, 0.25) is 0 Å². The Morgan fingerprint density at radius 2 is 2.47 bits per heavy atom. The largest absolute Gasteiger partial charge is 0.465 e. The van der Waals surface area contributed by atoms with Gasteiger partial charge in [-0.3, -0.25) is 0 Å². The first kappa shape index (κ1) is 13.8. The summed E-state index contributed by atoms with van der Waals surface area (Å²) in [6.07, 6.45) is 0.989. The van der Waals surface area contributed by atoms with E-state index in [0.717, 1.165) is 38.4 Å². The molecule has 1 atom stereocenters. The zero-order valence-electron chi connectivity index (χ0n) is 11.1. The molecule has 1 aliphatic heterocycles. The van der Waals surface area contributed by atoms with Gasteiger partial charge in [-0.2, -0.15) is 0 Å². The number of benzene rings is 1. The monoisotopic (exact) mass is 264 g/mol. The van der Waals surface area contributed by atoms with E-state index in [9.17, 15) is 4.79 Å². The number of hydrogen-bond acceptors (Lipinski definition) is 5. The van der Waals surface area contributed by atoms with Crippen LogP contribution in [0.15, 0.2) is 24.3 Å². The van der Waals surface area contributed by atoms with Gasteiger partial charge in [0.25, 0.3) is 0 Å². The lowest BCUT2D eigenvalue weighted by Gasteiger charge is -2.23. The van der Waals surface area contributed by atoms with Crippen LogP contribution in [0.5, 0.6) is 0 Å². The van der Waals surface area contributed by atoms with Crippen molar-refractivity contribution in [1.29, 1.82) is 0 Å². The van der Waals surface area contributed by atoms with Crippen molar-refractivity contribution < 1.29 is 14.3 Å². The minimum atomic E-state index is -0.314. The maximum absolute atomic E-state index is 11.4. The summed E-state index contributed by atoms with van der Waals surface area (Å²) in [6, 6.07) is 7.74. The predicted molar refractivity (Wildman–Crippen MR) is 73.5 cm³/mol. The highest BCUT2D eigenvalue weighted by atomic mass is 16.5. The quantitative estimate of drug-likeness (QED) is 0.784. The third kappa shape index (κ3) is 4.22. The topological polar surface area (TPSA) is 59.6 Å². The molecule has 2 N–H and O–H groups in total. The Balaban J connectivity index is 1.80. The van der Waals surface area contributed by atoms with Crippen LogP contribution in [-0.2, 0) is 9.47 Å². The number of carbonyl (C=O) groups is 1. The molecule has 0 radical (unpaired) electrons. The molecule has 0 amide bonds. The summed E-state index contributed by atoms with van der Waals surface area (Å²) >= 11 is 0. The molecule has 0 bridgehead atoms. The van der Waals surface area contributed by atoms with Gasteiger partial charge in [-0.05, 0) is 24.6 Å². The lowest BCUT2D eigenvalue weighted by atomic mass is 10.1. The number of hydrogen-bond donors (Lipinski definition) is 2. The Kier molecular flexibility index (Phi) is 5.18. The zero-order valence-corrected chi connectivity index (χ0v) is 11.1. The van der Waals surface area contributed by atoms with Crippen LogP contribution in [0.4, 0.5) is 5.69 Å². The van der Waals surface area contributed by atoms with E-state index in [1.807, 2.05) is 12.1 Å². The average molecular weight is 264 g/mol. The van der Waals surface area contributed by atoms with Gasteiger partial charge in [0.2, 0.25) is 0 Å². The maximum Gasteiger partial charge on any atom is 0.337 e. The van der Waals surface area contributed by atoms with Crippen LogP contribution in [-0.4, -0.2) is 45.4 Å². The normalized spacial score (nSPS) is 18.9. The first-order valence-electron chi connectivity index (χ1n) is 6.53. The molecule has 2 rings (SSSR count). The summed E-state index contributed by atoms with van der Waals surface area (Å²) in [5.74, 6) is -0.314. The number of carbonyl (C=O) groups excluding carboxylic acids is 1. The van der Waals surface area contributed by atoms with Crippen LogP contribution in [0.1, 0.15) is 16.8 Å². The Hall–Kier alpha value is -1.59. The van der Waals surface area contributed by atoms with Gasteiger partial charge in [0.05, 0.1) is 25.9 Å². The van der Waals surface area contributed by atoms with Crippen molar-refractivity contribution in [2.24, 2.45) is 0 Å². The number of ether oxygens (including phenoxy) is 2. The second-order valence-electron chi connectivity index (χ2n) is 4.51. The summed E-state index contributed by atoms with van der Waals surface area (Å²) in [7, 11) is 1.39. The summed E-state index contributed by atoms with van der Waals surface area (Å²) in [5, 5.41) is 6.71. The fourth-order valence-electron chi connectivity index (χ4n) is 2.07. The number of rotatable bonds is 5. The van der Waals surface area contributed by atoms with Gasteiger partial charge < -0.3 is 20.1 Å². The molecule has 0 spiro atoms. The molecule has 1 unspecified atom stereocenters. The van der Waals surface area contributed by atoms with Gasteiger partial charge in [-0.15, -0.1) is 0 Å². The third-order valence-corrected chi connectivity index (χ3v) is 3.10. The molecular weight excluding hydrogens is 244 g/mol. The van der Waals surface area contributed by atoms with Crippen molar-refractivity contribution in [3.63, 3.8) is 0 Å². The Labute approximate surface area is 113 Å². The average Bonchev–Trinajstić information content (AvgIpc) is 2.48. The number of methoxy groups -OCH3 is 1. The third-order valence-electron chi connectivity index (χ3n) is 3.10. The molecule has 5 heteroatoms. The van der Waals surface area contributed by atoms with E-state index in [2.05, 4.69) is 10.6 Å². The van der Waals surface area contributed by atoms with Gasteiger partial charge in [0.15, 0.2) is 0 Å². The van der Waals surface area contributed by atoms with E-state index in [-0.39, 0.29) is 5.97 Å². The summed E-state index contributed by atoms with van der Waals surface area (Å²) < 4.78 is 10.1. The Bertz CT molecular complexity index is 417. The molecule has 1 aliphatic rings. The van der Waals surface area contributed by atoms with E-state index in [1.165, 1.54) is 7.11 Å². The molecule has 0 saturated carbocycles. The van der Waals surface area contributed by atoms with Crippen molar-refractivity contribution in [2.45, 2.75) is 12.5 Å². The molecular formula is C14H20N2O3. The molecule has 1 saturated heterocycles. The zero-order chi connectivity index (χ0) is 13.5. The van der Waals surface area contributed by atoms with Crippen LogP contribution in [0.3, 0.4) is 0 Å². The number of esters is 1. The van der Waals surface area contributed by atoms with Crippen LogP contribution >= 0.6 is 0 Å². The number of nitrogens with one attached hydrogen (secondary N) is 2. The minimum absolute atomic E-state index is 0.314. The lowest BCUT2D eigenvalue weighted by Crippen LogP contribution is -2.42. The molecule has 104 valence electrons. The van der Waals surface area contributed by atoms with Gasteiger partial charge in [0, 0.05) is 24.8 Å². The minimum Gasteiger partial charge on any atom is -0.465 e. The Morgan fingerprint density at radius 3 is 3.21 bits per heavy atom. The SMILES string of the molecule is COC(=O)c1cccc(NCCC2COCCN2)c1. The van der Waals surface area contributed by atoms with Crippen molar-refractivity contribution in [3.8, 4) is 0 Å². The van der Waals surface area contributed by atoms with Crippen molar-refractivity contribution in [1.82, 2.24) is 5.32 Å². The fourth-order valence-corrected chi connectivity index (χ4v) is 2.07. The molecule has 1 aromatic rings. The highest BCUT2D eigenvalue weighted by Gasteiger charge is 2.12. The second kappa shape index (κ2) is 7.11. The summed E-state index contributed by atoms with van der Waals surface area (Å²) in [4.78, 5) is 11.4. The molecule has 1 heterocycles. The molecule has 19 heavy (non-hydrogen) atoms. The van der Waals surface area contributed by atoms with Crippen molar-refractivity contribution in [3.05, 3.63) is 29.8 Å². The van der Waals surface area contributed by atoms with E-state index in [4.69, 9.17) is 9.47 Å². The van der Waals surface area contributed by atoms with E-state index >= 15 is 0 Å². The number of anilines is 1. The molecule has 0 aliphatic carbocycles. The molecule has 5 nitrogen and oxygen atoms in total.